The fourth-order valence-corrected chi connectivity index (χ4v) is 1.57. The van der Waals surface area contributed by atoms with Crippen molar-refractivity contribution in [1.29, 1.82) is 5.26 Å². The quantitative estimate of drug-likeness (QED) is 0.390. The van der Waals surface area contributed by atoms with Crippen LogP contribution in [0.4, 0.5) is 0 Å². The largest absolute Gasteiger partial charge is 0.242 e. The van der Waals surface area contributed by atoms with Gasteiger partial charge < -0.3 is 0 Å². The van der Waals surface area contributed by atoms with Crippen molar-refractivity contribution in [3.05, 3.63) is 47.2 Å². The van der Waals surface area contributed by atoms with Crippen LogP contribution in [-0.2, 0) is 0 Å². The molecule has 18 heavy (non-hydrogen) atoms. The zero-order chi connectivity index (χ0) is 14.0. The summed E-state index contributed by atoms with van der Waals surface area (Å²) >= 11 is 0. The van der Waals surface area contributed by atoms with Gasteiger partial charge in [0.15, 0.2) is 0 Å². The highest BCUT2D eigenvalue weighted by molar-refractivity contribution is 6.03. The summed E-state index contributed by atoms with van der Waals surface area (Å²) in [6.07, 6.45) is 11.0. The summed E-state index contributed by atoms with van der Waals surface area (Å²) in [6, 6.07) is 2.07. The van der Waals surface area contributed by atoms with E-state index >= 15 is 0 Å². The van der Waals surface area contributed by atoms with Gasteiger partial charge in [0.25, 0.3) is 0 Å². The second-order valence-corrected chi connectivity index (χ2v) is 3.74. The number of allylic oxidation sites excluding steroid dienone is 8. The van der Waals surface area contributed by atoms with Gasteiger partial charge in [0, 0.05) is 5.71 Å². The monoisotopic (exact) mass is 242 g/mol. The molecule has 0 aliphatic rings. The van der Waals surface area contributed by atoms with Crippen LogP contribution in [0.25, 0.3) is 0 Å². The molecule has 0 N–H and O–H groups in total. The summed E-state index contributed by atoms with van der Waals surface area (Å²) in [6.45, 7) is 9.84. The molecule has 0 aliphatic heterocycles. The van der Waals surface area contributed by atoms with E-state index in [1.165, 1.54) is 0 Å². The molecular formula is C16H22N2. The van der Waals surface area contributed by atoms with Crippen molar-refractivity contribution in [2.24, 2.45) is 4.99 Å². The van der Waals surface area contributed by atoms with Crippen LogP contribution in [0, 0.1) is 11.3 Å². The second kappa shape index (κ2) is 9.18. The maximum atomic E-state index is 8.89. The number of nitriles is 1. The molecule has 0 radical (unpaired) electrons. The van der Waals surface area contributed by atoms with Crippen LogP contribution in [-0.4, -0.2) is 5.71 Å². The van der Waals surface area contributed by atoms with Gasteiger partial charge in [0.05, 0.1) is 0 Å². The molecule has 0 aromatic heterocycles. The number of rotatable bonds is 5. The first-order valence-electron chi connectivity index (χ1n) is 6.26. The zero-order valence-electron chi connectivity index (χ0n) is 12.0. The lowest BCUT2D eigenvalue weighted by Gasteiger charge is -2.07. The summed E-state index contributed by atoms with van der Waals surface area (Å²) in [7, 11) is 0. The molecule has 0 aliphatic carbocycles. The van der Waals surface area contributed by atoms with Crippen molar-refractivity contribution in [3.63, 3.8) is 0 Å². The van der Waals surface area contributed by atoms with E-state index in [0.29, 0.717) is 5.70 Å². The van der Waals surface area contributed by atoms with E-state index < -0.39 is 0 Å². The van der Waals surface area contributed by atoms with Crippen LogP contribution in [0.1, 0.15) is 41.0 Å². The Kier molecular flexibility index (Phi) is 8.22. The molecule has 2 nitrogen and oxygen atoms in total. The summed E-state index contributed by atoms with van der Waals surface area (Å²) in [5.41, 5.74) is 3.51. The van der Waals surface area contributed by atoms with Crippen LogP contribution in [0.2, 0.25) is 0 Å². The Morgan fingerprint density at radius 3 is 2.22 bits per heavy atom. The maximum Gasteiger partial charge on any atom is 0.136 e. The highest BCUT2D eigenvalue weighted by Crippen LogP contribution is 2.15. The van der Waals surface area contributed by atoms with Gasteiger partial charge in [-0.2, -0.15) is 5.26 Å². The first-order chi connectivity index (χ1) is 8.64. The summed E-state index contributed by atoms with van der Waals surface area (Å²) in [5, 5.41) is 8.89. The molecule has 0 fully saturated rings. The van der Waals surface area contributed by atoms with Crippen LogP contribution < -0.4 is 0 Å². The van der Waals surface area contributed by atoms with Crippen molar-refractivity contribution in [1.82, 2.24) is 0 Å². The van der Waals surface area contributed by atoms with Crippen molar-refractivity contribution in [3.8, 4) is 6.07 Å². The van der Waals surface area contributed by atoms with E-state index in [1.807, 2.05) is 33.8 Å². The van der Waals surface area contributed by atoms with E-state index in [2.05, 4.69) is 36.2 Å². The Labute approximate surface area is 111 Å². The van der Waals surface area contributed by atoms with Crippen LogP contribution in [0.5, 0.6) is 0 Å². The number of hydrogen-bond acceptors (Lipinski definition) is 2. The predicted octanol–water partition coefficient (Wildman–Crippen LogP) is 4.73. The zero-order valence-corrected chi connectivity index (χ0v) is 12.0. The summed E-state index contributed by atoms with van der Waals surface area (Å²) < 4.78 is 0. The normalized spacial score (nSPS) is 15.1. The Morgan fingerprint density at radius 2 is 1.83 bits per heavy atom. The third kappa shape index (κ3) is 4.97. The standard InChI is InChI=1S/C16H22N2/c1-6-10-11-14(7-2)16(9-4)13(5)18-15(8-3)12-17/h7-11H,6H2,1-5H3/b11-10-,14-7+,15-8-,16-9-,18-13-. The van der Waals surface area contributed by atoms with Gasteiger partial charge in [-0.25, -0.2) is 4.99 Å². The van der Waals surface area contributed by atoms with Crippen molar-refractivity contribution < 1.29 is 0 Å². The molecular weight excluding hydrogens is 220 g/mol. The Bertz CT molecular complexity index is 452. The fraction of sp³-hybridized carbons (Fsp3) is 0.375. The molecule has 0 aromatic rings. The molecule has 0 aromatic carbocycles. The van der Waals surface area contributed by atoms with E-state index in [-0.39, 0.29) is 0 Å². The Morgan fingerprint density at radius 1 is 1.17 bits per heavy atom. The predicted molar refractivity (Wildman–Crippen MR) is 79.4 cm³/mol. The molecule has 96 valence electrons. The Hall–Kier alpha value is -1.88. The van der Waals surface area contributed by atoms with E-state index in [1.54, 1.807) is 6.08 Å². The highest BCUT2D eigenvalue weighted by Gasteiger charge is 2.05. The van der Waals surface area contributed by atoms with E-state index in [0.717, 1.165) is 23.3 Å². The molecule has 0 heterocycles. The first-order valence-corrected chi connectivity index (χ1v) is 6.26. The van der Waals surface area contributed by atoms with Crippen molar-refractivity contribution in [2.45, 2.75) is 41.0 Å². The second-order valence-electron chi connectivity index (χ2n) is 3.74. The molecule has 0 saturated heterocycles. The van der Waals surface area contributed by atoms with Crippen molar-refractivity contribution >= 4 is 5.71 Å². The average Bonchev–Trinajstić information content (AvgIpc) is 2.40. The molecule has 0 rings (SSSR count). The van der Waals surface area contributed by atoms with Gasteiger partial charge in [-0.1, -0.05) is 37.3 Å². The molecule has 0 atom stereocenters. The van der Waals surface area contributed by atoms with E-state index in [4.69, 9.17) is 5.26 Å². The van der Waals surface area contributed by atoms with Crippen LogP contribution in [0.15, 0.2) is 52.2 Å². The minimum absolute atomic E-state index is 0.446. The van der Waals surface area contributed by atoms with Gasteiger partial charge >= 0.3 is 0 Å². The number of aliphatic imine (C=N–C) groups is 1. The van der Waals surface area contributed by atoms with E-state index in [9.17, 15) is 0 Å². The van der Waals surface area contributed by atoms with Gasteiger partial charge in [-0.3, -0.25) is 0 Å². The molecule has 0 spiro atoms. The lowest BCUT2D eigenvalue weighted by molar-refractivity contribution is 1.22. The fourth-order valence-electron chi connectivity index (χ4n) is 1.57. The van der Waals surface area contributed by atoms with Gasteiger partial charge in [-0.15, -0.1) is 0 Å². The lowest BCUT2D eigenvalue weighted by Crippen LogP contribution is -2.00. The topological polar surface area (TPSA) is 36.1 Å². The minimum Gasteiger partial charge on any atom is -0.242 e. The van der Waals surface area contributed by atoms with Gasteiger partial charge in [-0.05, 0) is 45.3 Å². The molecule has 2 heteroatoms. The molecule has 0 amide bonds. The Balaban J connectivity index is 5.36. The number of hydrogen-bond donors (Lipinski definition) is 0. The first kappa shape index (κ1) is 16.1. The third-order valence-corrected chi connectivity index (χ3v) is 2.51. The molecule has 0 bridgehead atoms. The third-order valence-electron chi connectivity index (χ3n) is 2.51. The lowest BCUT2D eigenvalue weighted by atomic mass is 10.0. The maximum absolute atomic E-state index is 8.89. The smallest absolute Gasteiger partial charge is 0.136 e. The van der Waals surface area contributed by atoms with Crippen LogP contribution in [0.3, 0.4) is 0 Å². The average molecular weight is 242 g/mol. The SMILES string of the molecule is C\C=C(C#N)/N=C(C)\C(=C\C)C(\C=C/CC)=C\C. The molecule has 0 saturated carbocycles. The van der Waals surface area contributed by atoms with Crippen LogP contribution >= 0.6 is 0 Å². The van der Waals surface area contributed by atoms with Gasteiger partial charge in [0.2, 0.25) is 0 Å². The van der Waals surface area contributed by atoms with Crippen molar-refractivity contribution in [2.75, 3.05) is 0 Å². The summed E-state index contributed by atoms with van der Waals surface area (Å²) in [4.78, 5) is 4.34. The number of nitrogens with zero attached hydrogens (tertiary/aromatic N) is 2. The minimum atomic E-state index is 0.446. The van der Waals surface area contributed by atoms with Gasteiger partial charge in [0.1, 0.15) is 11.8 Å². The molecule has 0 unspecified atom stereocenters. The highest BCUT2D eigenvalue weighted by atomic mass is 14.8. The summed E-state index contributed by atoms with van der Waals surface area (Å²) in [5.74, 6) is 0.